The van der Waals surface area contributed by atoms with Crippen molar-refractivity contribution in [1.29, 1.82) is 5.26 Å². The first-order chi connectivity index (χ1) is 9.60. The summed E-state index contributed by atoms with van der Waals surface area (Å²) in [6, 6.07) is 9.99. The maximum atomic E-state index is 12.1. The van der Waals surface area contributed by atoms with E-state index in [0.29, 0.717) is 29.9 Å². The molecule has 1 N–H and O–H groups in total. The second-order valence-electron chi connectivity index (χ2n) is 5.54. The predicted octanol–water partition coefficient (Wildman–Crippen LogP) is 2.76. The highest BCUT2D eigenvalue weighted by Crippen LogP contribution is 2.22. The first kappa shape index (κ1) is 14.5. The molecule has 1 aromatic carbocycles. The van der Waals surface area contributed by atoms with Crippen LogP contribution in [0.15, 0.2) is 24.3 Å². The van der Waals surface area contributed by atoms with Gasteiger partial charge in [0.25, 0.3) is 0 Å². The van der Waals surface area contributed by atoms with Gasteiger partial charge in [-0.1, -0.05) is 12.5 Å². The lowest BCUT2D eigenvalue weighted by Gasteiger charge is -2.38. The maximum Gasteiger partial charge on any atom is 0.238 e. The van der Waals surface area contributed by atoms with Crippen molar-refractivity contribution in [2.45, 2.75) is 45.2 Å². The third-order valence-corrected chi connectivity index (χ3v) is 3.98. The highest BCUT2D eigenvalue weighted by Gasteiger charge is 2.26. The molecule has 0 aliphatic carbocycles. The highest BCUT2D eigenvalue weighted by atomic mass is 16.2. The quantitative estimate of drug-likeness (QED) is 0.919. The molecule has 1 amide bonds. The Kier molecular flexibility index (Phi) is 4.75. The summed E-state index contributed by atoms with van der Waals surface area (Å²) in [5.74, 6) is -0.0133. The first-order valence-corrected chi connectivity index (χ1v) is 7.16. The van der Waals surface area contributed by atoms with Gasteiger partial charge in [0.2, 0.25) is 5.91 Å². The van der Waals surface area contributed by atoms with Crippen LogP contribution in [0.5, 0.6) is 0 Å². The topological polar surface area (TPSA) is 56.1 Å². The van der Waals surface area contributed by atoms with E-state index in [-0.39, 0.29) is 5.91 Å². The molecule has 4 heteroatoms. The molecule has 4 nitrogen and oxygen atoms in total. The fourth-order valence-corrected chi connectivity index (χ4v) is 2.82. The summed E-state index contributed by atoms with van der Waals surface area (Å²) in [6.45, 7) is 4.78. The number of nitrogens with one attached hydrogen (secondary N) is 1. The minimum absolute atomic E-state index is 0.0133. The van der Waals surface area contributed by atoms with Gasteiger partial charge in [-0.15, -0.1) is 0 Å². The van der Waals surface area contributed by atoms with E-state index in [1.165, 1.54) is 6.42 Å². The molecule has 0 bridgehead atoms. The molecule has 2 rings (SSSR count). The SMILES string of the molecule is C[C@@H]1CCC[C@H](C)N1CC(=O)Nc1cccc(C#N)c1. The van der Waals surface area contributed by atoms with Crippen LogP contribution in [0.2, 0.25) is 0 Å². The van der Waals surface area contributed by atoms with Crippen molar-refractivity contribution in [1.82, 2.24) is 4.90 Å². The molecule has 1 saturated heterocycles. The standard InChI is InChI=1S/C16H21N3O/c1-12-5-3-6-13(2)19(12)11-16(20)18-15-8-4-7-14(9-15)10-17/h4,7-9,12-13H,3,5-6,11H2,1-2H3,(H,18,20)/t12-,13+. The molecule has 106 valence electrons. The Morgan fingerprint density at radius 3 is 2.75 bits per heavy atom. The third kappa shape index (κ3) is 3.58. The molecule has 0 spiro atoms. The van der Waals surface area contributed by atoms with Crippen molar-refractivity contribution in [3.05, 3.63) is 29.8 Å². The van der Waals surface area contributed by atoms with Crippen LogP contribution in [0.3, 0.4) is 0 Å². The highest BCUT2D eigenvalue weighted by molar-refractivity contribution is 5.92. The molecule has 20 heavy (non-hydrogen) atoms. The summed E-state index contributed by atoms with van der Waals surface area (Å²) < 4.78 is 0. The van der Waals surface area contributed by atoms with Crippen LogP contribution in [0.4, 0.5) is 5.69 Å². The number of likely N-dealkylation sites (tertiary alicyclic amines) is 1. The Balaban J connectivity index is 1.96. The molecule has 1 aromatic rings. The van der Waals surface area contributed by atoms with Crippen molar-refractivity contribution in [3.63, 3.8) is 0 Å². The van der Waals surface area contributed by atoms with Crippen LogP contribution in [0, 0.1) is 11.3 Å². The van der Waals surface area contributed by atoms with E-state index in [1.807, 2.05) is 6.07 Å². The minimum Gasteiger partial charge on any atom is -0.325 e. The lowest BCUT2D eigenvalue weighted by atomic mass is 9.97. The molecular weight excluding hydrogens is 250 g/mol. The second-order valence-corrected chi connectivity index (χ2v) is 5.54. The number of piperidine rings is 1. The molecular formula is C16H21N3O. The predicted molar refractivity (Wildman–Crippen MR) is 79.3 cm³/mol. The number of benzene rings is 1. The average Bonchev–Trinajstić information content (AvgIpc) is 2.43. The zero-order valence-corrected chi connectivity index (χ0v) is 12.1. The van der Waals surface area contributed by atoms with Crippen molar-refractivity contribution >= 4 is 11.6 Å². The van der Waals surface area contributed by atoms with Crippen molar-refractivity contribution < 1.29 is 4.79 Å². The van der Waals surface area contributed by atoms with Gasteiger partial charge in [-0.2, -0.15) is 5.26 Å². The summed E-state index contributed by atoms with van der Waals surface area (Å²) in [7, 11) is 0. The maximum absolute atomic E-state index is 12.1. The van der Waals surface area contributed by atoms with Gasteiger partial charge >= 0.3 is 0 Å². The van der Waals surface area contributed by atoms with E-state index in [9.17, 15) is 4.79 Å². The Morgan fingerprint density at radius 2 is 2.10 bits per heavy atom. The number of hydrogen-bond donors (Lipinski definition) is 1. The Bertz CT molecular complexity index is 511. The molecule has 1 fully saturated rings. The van der Waals surface area contributed by atoms with Crippen LogP contribution < -0.4 is 5.32 Å². The van der Waals surface area contributed by atoms with Gasteiger partial charge < -0.3 is 5.32 Å². The monoisotopic (exact) mass is 271 g/mol. The number of anilines is 1. The van der Waals surface area contributed by atoms with Gasteiger partial charge in [-0.25, -0.2) is 0 Å². The molecule has 1 aliphatic rings. The third-order valence-electron chi connectivity index (χ3n) is 3.98. The number of carbonyl (C=O) groups is 1. The Hall–Kier alpha value is -1.86. The van der Waals surface area contributed by atoms with E-state index >= 15 is 0 Å². The molecule has 0 aromatic heterocycles. The van der Waals surface area contributed by atoms with E-state index in [1.54, 1.807) is 18.2 Å². The Labute approximate surface area is 120 Å². The van der Waals surface area contributed by atoms with E-state index < -0.39 is 0 Å². The summed E-state index contributed by atoms with van der Waals surface area (Å²) in [5, 5.41) is 11.7. The Morgan fingerprint density at radius 1 is 1.40 bits per heavy atom. The largest absolute Gasteiger partial charge is 0.325 e. The molecule has 2 atom stereocenters. The average molecular weight is 271 g/mol. The van der Waals surface area contributed by atoms with Crippen LogP contribution in [0.1, 0.15) is 38.7 Å². The van der Waals surface area contributed by atoms with E-state index in [0.717, 1.165) is 12.8 Å². The van der Waals surface area contributed by atoms with Gasteiger partial charge in [0.1, 0.15) is 0 Å². The summed E-state index contributed by atoms with van der Waals surface area (Å²) in [4.78, 5) is 14.4. The fraction of sp³-hybridized carbons (Fsp3) is 0.500. The van der Waals surface area contributed by atoms with Crippen molar-refractivity contribution in [2.24, 2.45) is 0 Å². The van der Waals surface area contributed by atoms with Crippen LogP contribution >= 0.6 is 0 Å². The van der Waals surface area contributed by atoms with Crippen molar-refractivity contribution in [3.8, 4) is 6.07 Å². The smallest absolute Gasteiger partial charge is 0.238 e. The molecule has 0 unspecified atom stereocenters. The summed E-state index contributed by atoms with van der Waals surface area (Å²) in [5.41, 5.74) is 1.24. The van der Waals surface area contributed by atoms with Gasteiger partial charge in [0.05, 0.1) is 18.2 Å². The number of rotatable bonds is 3. The van der Waals surface area contributed by atoms with Crippen LogP contribution in [0.25, 0.3) is 0 Å². The zero-order valence-electron chi connectivity index (χ0n) is 12.1. The number of amides is 1. The van der Waals surface area contributed by atoms with Crippen LogP contribution in [-0.4, -0.2) is 29.4 Å². The summed E-state index contributed by atoms with van der Waals surface area (Å²) >= 11 is 0. The van der Waals surface area contributed by atoms with Gasteiger partial charge in [0.15, 0.2) is 0 Å². The molecule has 0 radical (unpaired) electrons. The van der Waals surface area contributed by atoms with E-state index in [2.05, 4.69) is 30.1 Å². The van der Waals surface area contributed by atoms with Crippen molar-refractivity contribution in [2.75, 3.05) is 11.9 Å². The molecule has 1 aliphatic heterocycles. The molecule has 1 heterocycles. The zero-order chi connectivity index (χ0) is 14.5. The van der Waals surface area contributed by atoms with Gasteiger partial charge in [-0.3, -0.25) is 9.69 Å². The summed E-state index contributed by atoms with van der Waals surface area (Å²) in [6.07, 6.45) is 3.55. The van der Waals surface area contributed by atoms with Crippen LogP contribution in [-0.2, 0) is 4.79 Å². The van der Waals surface area contributed by atoms with Gasteiger partial charge in [-0.05, 0) is 44.9 Å². The fourth-order valence-electron chi connectivity index (χ4n) is 2.82. The number of hydrogen-bond acceptors (Lipinski definition) is 3. The van der Waals surface area contributed by atoms with Gasteiger partial charge in [0, 0.05) is 17.8 Å². The number of nitrogens with zero attached hydrogens (tertiary/aromatic N) is 2. The lowest BCUT2D eigenvalue weighted by molar-refractivity contribution is -0.118. The molecule has 0 saturated carbocycles. The number of nitriles is 1. The second kappa shape index (κ2) is 6.53. The van der Waals surface area contributed by atoms with E-state index in [4.69, 9.17) is 5.26 Å². The first-order valence-electron chi connectivity index (χ1n) is 7.16. The normalized spacial score (nSPS) is 23.1. The minimum atomic E-state index is -0.0133. The lowest BCUT2D eigenvalue weighted by Crippen LogP contribution is -2.47. The number of carbonyl (C=O) groups excluding carboxylic acids is 1.